The molecule has 4 heteroatoms. The van der Waals surface area contributed by atoms with Crippen LogP contribution in [0.15, 0.2) is 35.6 Å². The summed E-state index contributed by atoms with van der Waals surface area (Å²) in [5.41, 5.74) is 1.11. The Morgan fingerprint density at radius 3 is 2.65 bits per heavy atom. The van der Waals surface area contributed by atoms with E-state index in [2.05, 4.69) is 20.4 Å². The number of fused-ring (bicyclic) bond motifs is 5. The molecule has 138 valence electrons. The third kappa shape index (κ3) is 2.17. The van der Waals surface area contributed by atoms with Crippen LogP contribution >= 0.6 is 0 Å². The Labute approximate surface area is 154 Å². The number of Topliss-reactive ketones (excluding diaryl/α,β-unsaturated/α-hetero) is 1. The van der Waals surface area contributed by atoms with Crippen molar-refractivity contribution < 1.29 is 19.1 Å². The van der Waals surface area contributed by atoms with Crippen molar-refractivity contribution in [1.82, 2.24) is 0 Å². The second-order valence-corrected chi connectivity index (χ2v) is 8.88. The fraction of sp³-hybridized carbons (Fsp3) is 0.591. The third-order valence-electron chi connectivity index (χ3n) is 7.57. The van der Waals surface area contributed by atoms with Gasteiger partial charge in [-0.25, -0.2) is 0 Å². The van der Waals surface area contributed by atoms with Gasteiger partial charge in [-0.2, -0.15) is 0 Å². The number of ether oxygens (including phenoxy) is 1. The van der Waals surface area contributed by atoms with E-state index >= 15 is 0 Å². The molecule has 3 fully saturated rings. The van der Waals surface area contributed by atoms with Crippen molar-refractivity contribution in [2.75, 3.05) is 0 Å². The molecule has 4 nitrogen and oxygen atoms in total. The van der Waals surface area contributed by atoms with Crippen molar-refractivity contribution in [2.24, 2.45) is 28.6 Å². The summed E-state index contributed by atoms with van der Waals surface area (Å²) < 4.78 is 5.34. The summed E-state index contributed by atoms with van der Waals surface area (Å²) in [7, 11) is 0. The van der Waals surface area contributed by atoms with Crippen LogP contribution in [0.4, 0.5) is 0 Å². The maximum atomic E-state index is 12.5. The number of rotatable bonds is 1. The van der Waals surface area contributed by atoms with Gasteiger partial charge in [0, 0.05) is 29.7 Å². The minimum Gasteiger partial charge on any atom is -0.422 e. The Kier molecular flexibility index (Phi) is 3.70. The van der Waals surface area contributed by atoms with Gasteiger partial charge in [-0.05, 0) is 55.1 Å². The van der Waals surface area contributed by atoms with Crippen LogP contribution in [-0.2, 0) is 19.1 Å². The Morgan fingerprint density at radius 2 is 1.96 bits per heavy atom. The highest BCUT2D eigenvalue weighted by molar-refractivity contribution is 6.06. The van der Waals surface area contributed by atoms with E-state index in [0.29, 0.717) is 30.0 Å². The zero-order valence-electron chi connectivity index (χ0n) is 15.8. The molecule has 0 unspecified atom stereocenters. The van der Waals surface area contributed by atoms with Crippen LogP contribution in [-0.4, -0.2) is 17.5 Å². The third-order valence-corrected chi connectivity index (χ3v) is 7.57. The van der Waals surface area contributed by atoms with E-state index in [4.69, 9.17) is 4.74 Å². The van der Waals surface area contributed by atoms with E-state index in [1.165, 1.54) is 6.92 Å². The smallest absolute Gasteiger partial charge is 0.308 e. The van der Waals surface area contributed by atoms with Crippen LogP contribution < -0.4 is 0 Å². The number of esters is 1. The summed E-state index contributed by atoms with van der Waals surface area (Å²) in [5.74, 6) is 0.927. The van der Waals surface area contributed by atoms with Gasteiger partial charge >= 0.3 is 5.97 Å². The molecular weight excluding hydrogens is 328 g/mol. The Balaban J connectivity index is 1.80. The van der Waals surface area contributed by atoms with Gasteiger partial charge in [-0.3, -0.25) is 14.4 Å². The quantitative estimate of drug-likeness (QED) is 0.670. The highest BCUT2D eigenvalue weighted by atomic mass is 16.5. The molecule has 4 aliphatic rings. The topological polar surface area (TPSA) is 60.4 Å². The van der Waals surface area contributed by atoms with Gasteiger partial charge in [0.2, 0.25) is 5.78 Å². The molecule has 0 N–H and O–H groups in total. The lowest BCUT2D eigenvalue weighted by Crippen LogP contribution is -2.50. The van der Waals surface area contributed by atoms with Crippen LogP contribution in [0.5, 0.6) is 0 Å². The van der Waals surface area contributed by atoms with E-state index in [-0.39, 0.29) is 22.4 Å². The number of hydrogen-bond acceptors (Lipinski definition) is 4. The van der Waals surface area contributed by atoms with Crippen molar-refractivity contribution in [3.8, 4) is 0 Å². The molecule has 0 aromatic rings. The van der Waals surface area contributed by atoms with Gasteiger partial charge in [0.05, 0.1) is 0 Å². The van der Waals surface area contributed by atoms with Gasteiger partial charge in [0.1, 0.15) is 5.78 Å². The molecular formula is C22H26O4. The molecule has 4 rings (SSSR count). The fourth-order valence-electron chi connectivity index (χ4n) is 6.35. The van der Waals surface area contributed by atoms with Crippen LogP contribution in [0.25, 0.3) is 0 Å². The predicted molar refractivity (Wildman–Crippen MR) is 96.9 cm³/mol. The predicted octanol–water partition coefficient (Wildman–Crippen LogP) is 3.92. The molecule has 0 saturated heterocycles. The Hall–Kier alpha value is -1.97. The number of ketones is 2. The van der Waals surface area contributed by atoms with Gasteiger partial charge in [0.25, 0.3) is 0 Å². The van der Waals surface area contributed by atoms with Crippen LogP contribution in [0.2, 0.25) is 0 Å². The van der Waals surface area contributed by atoms with Crippen molar-refractivity contribution >= 4 is 17.5 Å². The zero-order chi connectivity index (χ0) is 18.9. The number of carbonyl (C=O) groups excluding carboxylic acids is 3. The lowest BCUT2D eigenvalue weighted by Gasteiger charge is -2.56. The average molecular weight is 354 g/mol. The molecule has 5 atom stereocenters. The van der Waals surface area contributed by atoms with E-state index in [0.717, 1.165) is 36.8 Å². The van der Waals surface area contributed by atoms with Crippen LogP contribution in [0.3, 0.4) is 0 Å². The first-order chi connectivity index (χ1) is 12.2. The minimum atomic E-state index is -0.481. The molecule has 0 amide bonds. The van der Waals surface area contributed by atoms with Crippen LogP contribution in [0.1, 0.15) is 52.9 Å². The fourth-order valence-corrected chi connectivity index (χ4v) is 6.35. The summed E-state index contributed by atoms with van der Waals surface area (Å²) in [6.07, 6.45) is 7.79. The molecule has 4 aliphatic carbocycles. The number of hydrogen-bond donors (Lipinski definition) is 0. The first-order valence-electron chi connectivity index (χ1n) is 9.56. The summed E-state index contributed by atoms with van der Waals surface area (Å²) in [6.45, 7) is 9.86. The first-order valence-corrected chi connectivity index (χ1v) is 9.56. The second-order valence-electron chi connectivity index (χ2n) is 8.88. The van der Waals surface area contributed by atoms with Gasteiger partial charge < -0.3 is 4.74 Å². The lowest BCUT2D eigenvalue weighted by atomic mass is 9.47. The van der Waals surface area contributed by atoms with Gasteiger partial charge in [0.15, 0.2) is 5.76 Å². The standard InChI is InChI=1S/C22H26O4/c1-12-11-14-15-5-6-18(25)21(15,3)9-7-16(14)22(4)10-8-17(24)20(19(12)22)26-13(2)23/h8,10,14-16H,1,5-7,9,11H2,2-4H3/t14-,15-,16-,21-,22+/m0/s1. The van der Waals surface area contributed by atoms with E-state index in [9.17, 15) is 14.4 Å². The van der Waals surface area contributed by atoms with Gasteiger partial charge in [-0.15, -0.1) is 0 Å². The highest BCUT2D eigenvalue weighted by Gasteiger charge is 2.60. The maximum Gasteiger partial charge on any atom is 0.308 e. The van der Waals surface area contributed by atoms with E-state index < -0.39 is 5.97 Å². The Morgan fingerprint density at radius 1 is 1.23 bits per heavy atom. The molecule has 0 aromatic carbocycles. The molecule has 26 heavy (non-hydrogen) atoms. The normalized spacial score (nSPS) is 41.7. The molecule has 0 heterocycles. The highest BCUT2D eigenvalue weighted by Crippen LogP contribution is 2.64. The SMILES string of the molecule is C=C1C[C@@H]2[C@H](CC[C@]3(C)C(=O)CC[C@@H]23)[C@@]2(C)C=CC(=O)C(OC(C)=O)=C12. The van der Waals surface area contributed by atoms with Crippen LogP contribution in [0, 0.1) is 28.6 Å². The largest absolute Gasteiger partial charge is 0.422 e. The minimum absolute atomic E-state index is 0.154. The Bertz CT molecular complexity index is 801. The second kappa shape index (κ2) is 5.51. The lowest BCUT2D eigenvalue weighted by molar-refractivity contribution is -0.140. The molecule has 0 bridgehead atoms. The first kappa shape index (κ1) is 17.4. The number of carbonyl (C=O) groups is 3. The maximum absolute atomic E-state index is 12.5. The number of allylic oxidation sites excluding steroid dienone is 4. The van der Waals surface area contributed by atoms with Gasteiger partial charge in [-0.1, -0.05) is 26.5 Å². The monoisotopic (exact) mass is 354 g/mol. The summed E-state index contributed by atoms with van der Waals surface area (Å²) in [4.78, 5) is 36.5. The molecule has 0 aliphatic heterocycles. The average Bonchev–Trinajstić information content (AvgIpc) is 2.86. The van der Waals surface area contributed by atoms with E-state index in [1.54, 1.807) is 6.08 Å². The van der Waals surface area contributed by atoms with Crippen molar-refractivity contribution in [2.45, 2.75) is 52.9 Å². The van der Waals surface area contributed by atoms with Crippen molar-refractivity contribution in [1.29, 1.82) is 0 Å². The molecule has 3 saturated carbocycles. The molecule has 0 aromatic heterocycles. The van der Waals surface area contributed by atoms with E-state index in [1.807, 2.05) is 6.08 Å². The molecule has 0 radical (unpaired) electrons. The molecule has 0 spiro atoms. The summed E-state index contributed by atoms with van der Waals surface area (Å²) in [5, 5.41) is 0. The summed E-state index contributed by atoms with van der Waals surface area (Å²) in [6, 6.07) is 0. The van der Waals surface area contributed by atoms with Crippen molar-refractivity contribution in [3.05, 3.63) is 35.6 Å². The zero-order valence-corrected chi connectivity index (χ0v) is 15.8. The van der Waals surface area contributed by atoms with Crippen molar-refractivity contribution in [3.63, 3.8) is 0 Å². The summed E-state index contributed by atoms with van der Waals surface area (Å²) >= 11 is 0.